The zero-order chi connectivity index (χ0) is 22.5. The van der Waals surface area contributed by atoms with Gasteiger partial charge in [-0.1, -0.05) is 62.4 Å². The molecule has 1 aromatic carbocycles. The minimum absolute atomic E-state index is 0.0344. The molecule has 3 aromatic rings. The Labute approximate surface area is 188 Å². The minimum Gasteiger partial charge on any atom is -0.467 e. The molecule has 0 spiro atoms. The molecule has 2 heterocycles. The lowest BCUT2D eigenvalue weighted by atomic mass is 9.99. The summed E-state index contributed by atoms with van der Waals surface area (Å²) >= 11 is 2.57. The number of ether oxygens (including phenoxy) is 1. The molecule has 7 nitrogen and oxygen atoms in total. The molecule has 2 aromatic heterocycles. The van der Waals surface area contributed by atoms with Crippen LogP contribution in [0.15, 0.2) is 45.7 Å². The Morgan fingerprint density at radius 2 is 2.00 bits per heavy atom. The summed E-state index contributed by atoms with van der Waals surface area (Å²) in [6.07, 6.45) is 0.724. The van der Waals surface area contributed by atoms with Crippen LogP contribution in [-0.2, 0) is 21.4 Å². The SMILES string of the molecule is CCC(C)C(NC(=O)CSc1nc2scc(-c3ccccc3)c2c(=O)n1C)C(=O)OC. The highest BCUT2D eigenvalue weighted by Crippen LogP contribution is 2.31. The van der Waals surface area contributed by atoms with Crippen LogP contribution in [0.5, 0.6) is 0 Å². The number of hydrogen-bond donors (Lipinski definition) is 1. The summed E-state index contributed by atoms with van der Waals surface area (Å²) < 4.78 is 6.27. The summed E-state index contributed by atoms with van der Waals surface area (Å²) in [5, 5.41) is 5.70. The van der Waals surface area contributed by atoms with Crippen molar-refractivity contribution in [1.82, 2.24) is 14.9 Å². The number of amides is 1. The van der Waals surface area contributed by atoms with Crippen molar-refractivity contribution in [3.8, 4) is 11.1 Å². The number of esters is 1. The highest BCUT2D eigenvalue weighted by molar-refractivity contribution is 7.99. The standard InChI is InChI=1S/C22H25N3O4S2/c1-5-13(2)18(21(28)29-4)23-16(26)12-31-22-24-19-17(20(27)25(22)3)15(11-30-19)14-9-7-6-8-10-14/h6-11,13,18H,5,12H2,1-4H3,(H,23,26). The molecule has 0 bridgehead atoms. The van der Waals surface area contributed by atoms with Crippen molar-refractivity contribution in [2.45, 2.75) is 31.5 Å². The molecular formula is C22H25N3O4S2. The first-order valence-corrected chi connectivity index (χ1v) is 11.8. The lowest BCUT2D eigenvalue weighted by molar-refractivity contribution is -0.146. The van der Waals surface area contributed by atoms with Crippen molar-refractivity contribution in [3.63, 3.8) is 0 Å². The monoisotopic (exact) mass is 459 g/mol. The number of nitrogens with zero attached hydrogens (tertiary/aromatic N) is 2. The topological polar surface area (TPSA) is 90.3 Å². The number of thioether (sulfide) groups is 1. The van der Waals surface area contributed by atoms with E-state index in [1.54, 1.807) is 7.05 Å². The number of fused-ring (bicyclic) bond motifs is 1. The van der Waals surface area contributed by atoms with E-state index in [0.29, 0.717) is 15.4 Å². The van der Waals surface area contributed by atoms with Gasteiger partial charge in [0.15, 0.2) is 5.16 Å². The molecule has 164 valence electrons. The van der Waals surface area contributed by atoms with E-state index >= 15 is 0 Å². The van der Waals surface area contributed by atoms with Gasteiger partial charge in [-0.05, 0) is 11.5 Å². The summed E-state index contributed by atoms with van der Waals surface area (Å²) in [6, 6.07) is 9.01. The summed E-state index contributed by atoms with van der Waals surface area (Å²) in [5.41, 5.74) is 1.67. The zero-order valence-corrected chi connectivity index (χ0v) is 19.5. The van der Waals surface area contributed by atoms with E-state index in [4.69, 9.17) is 4.74 Å². The largest absolute Gasteiger partial charge is 0.467 e. The van der Waals surface area contributed by atoms with Crippen molar-refractivity contribution in [1.29, 1.82) is 0 Å². The Bertz CT molecular complexity index is 1140. The van der Waals surface area contributed by atoms with E-state index in [1.165, 1.54) is 23.0 Å². The van der Waals surface area contributed by atoms with Crippen LogP contribution in [0.1, 0.15) is 20.3 Å². The summed E-state index contributed by atoms with van der Waals surface area (Å²) in [6.45, 7) is 3.83. The van der Waals surface area contributed by atoms with Gasteiger partial charge in [-0.2, -0.15) is 0 Å². The summed E-state index contributed by atoms with van der Waals surface area (Å²) in [5.74, 6) is -0.798. The second-order valence-electron chi connectivity index (χ2n) is 7.20. The number of rotatable bonds is 8. The fourth-order valence-corrected chi connectivity index (χ4v) is 4.93. The van der Waals surface area contributed by atoms with Gasteiger partial charge >= 0.3 is 5.97 Å². The number of carbonyl (C=O) groups is 2. The average Bonchev–Trinajstić information content (AvgIpc) is 3.22. The highest BCUT2D eigenvalue weighted by Gasteiger charge is 2.27. The van der Waals surface area contributed by atoms with Crippen molar-refractivity contribution in [3.05, 3.63) is 46.1 Å². The molecule has 0 aliphatic carbocycles. The van der Waals surface area contributed by atoms with Gasteiger partial charge in [0.2, 0.25) is 5.91 Å². The normalized spacial score (nSPS) is 13.0. The van der Waals surface area contributed by atoms with E-state index < -0.39 is 12.0 Å². The van der Waals surface area contributed by atoms with E-state index in [9.17, 15) is 14.4 Å². The van der Waals surface area contributed by atoms with Crippen LogP contribution in [0.2, 0.25) is 0 Å². The number of thiophene rings is 1. The summed E-state index contributed by atoms with van der Waals surface area (Å²) in [4.78, 5) is 42.7. The van der Waals surface area contributed by atoms with Gasteiger partial charge in [-0.3, -0.25) is 14.2 Å². The van der Waals surface area contributed by atoms with E-state index in [0.717, 1.165) is 29.3 Å². The van der Waals surface area contributed by atoms with Crippen molar-refractivity contribution >= 4 is 45.2 Å². The Morgan fingerprint density at radius 1 is 1.29 bits per heavy atom. The van der Waals surface area contributed by atoms with Crippen LogP contribution in [0, 0.1) is 5.92 Å². The maximum atomic E-state index is 13.0. The Morgan fingerprint density at radius 3 is 2.65 bits per heavy atom. The predicted molar refractivity (Wildman–Crippen MR) is 124 cm³/mol. The smallest absolute Gasteiger partial charge is 0.328 e. The number of carbonyl (C=O) groups excluding carboxylic acids is 2. The molecule has 9 heteroatoms. The van der Waals surface area contributed by atoms with E-state index in [2.05, 4.69) is 10.3 Å². The molecule has 0 saturated carbocycles. The molecule has 31 heavy (non-hydrogen) atoms. The van der Waals surface area contributed by atoms with Crippen LogP contribution in [-0.4, -0.2) is 40.3 Å². The number of benzene rings is 1. The van der Waals surface area contributed by atoms with E-state index in [1.807, 2.05) is 49.6 Å². The molecule has 0 aliphatic heterocycles. The Hall–Kier alpha value is -2.65. The van der Waals surface area contributed by atoms with Crippen molar-refractivity contribution in [2.24, 2.45) is 13.0 Å². The second kappa shape index (κ2) is 10.1. The molecule has 0 aliphatic rings. The van der Waals surface area contributed by atoms with Gasteiger partial charge in [0, 0.05) is 18.0 Å². The zero-order valence-electron chi connectivity index (χ0n) is 17.9. The lowest BCUT2D eigenvalue weighted by Crippen LogP contribution is -2.46. The third kappa shape index (κ3) is 4.99. The van der Waals surface area contributed by atoms with Gasteiger partial charge in [-0.15, -0.1) is 11.3 Å². The molecule has 1 N–H and O–H groups in total. The quantitative estimate of drug-likeness (QED) is 0.315. The van der Waals surface area contributed by atoms with Gasteiger partial charge in [0.1, 0.15) is 10.9 Å². The first-order valence-electron chi connectivity index (χ1n) is 9.91. The maximum absolute atomic E-state index is 13.0. The summed E-state index contributed by atoms with van der Waals surface area (Å²) in [7, 11) is 2.95. The van der Waals surface area contributed by atoms with Crippen LogP contribution in [0.4, 0.5) is 0 Å². The molecule has 2 unspecified atom stereocenters. The van der Waals surface area contributed by atoms with Crippen LogP contribution in [0.3, 0.4) is 0 Å². The van der Waals surface area contributed by atoms with Gasteiger partial charge < -0.3 is 10.1 Å². The van der Waals surface area contributed by atoms with Gasteiger partial charge in [0.25, 0.3) is 5.56 Å². The molecule has 1 amide bonds. The van der Waals surface area contributed by atoms with Gasteiger partial charge in [-0.25, -0.2) is 9.78 Å². The fourth-order valence-electron chi connectivity index (χ4n) is 3.15. The maximum Gasteiger partial charge on any atom is 0.328 e. The van der Waals surface area contributed by atoms with Crippen LogP contribution < -0.4 is 10.9 Å². The second-order valence-corrected chi connectivity index (χ2v) is 9.00. The number of aromatic nitrogens is 2. The van der Waals surface area contributed by atoms with Gasteiger partial charge in [0.05, 0.1) is 18.2 Å². The van der Waals surface area contributed by atoms with Crippen LogP contribution >= 0.6 is 23.1 Å². The van der Waals surface area contributed by atoms with E-state index in [-0.39, 0.29) is 23.1 Å². The third-order valence-electron chi connectivity index (χ3n) is 5.18. The first kappa shape index (κ1) is 23.0. The van der Waals surface area contributed by atoms with Crippen molar-refractivity contribution in [2.75, 3.05) is 12.9 Å². The number of nitrogens with one attached hydrogen (secondary N) is 1. The number of methoxy groups -OCH3 is 1. The van der Waals surface area contributed by atoms with Crippen LogP contribution in [0.25, 0.3) is 21.3 Å². The average molecular weight is 460 g/mol. The third-order valence-corrected chi connectivity index (χ3v) is 7.08. The number of hydrogen-bond acceptors (Lipinski definition) is 7. The molecule has 0 fully saturated rings. The molecule has 0 radical (unpaired) electrons. The lowest BCUT2D eigenvalue weighted by Gasteiger charge is -2.21. The highest BCUT2D eigenvalue weighted by atomic mass is 32.2. The molecule has 0 saturated heterocycles. The predicted octanol–water partition coefficient (Wildman–Crippen LogP) is 3.46. The Kier molecular flexibility index (Phi) is 7.50. The van der Waals surface area contributed by atoms with Crippen molar-refractivity contribution < 1.29 is 14.3 Å². The Balaban J connectivity index is 1.80. The molecular weight excluding hydrogens is 434 g/mol. The molecule has 3 rings (SSSR count). The first-order chi connectivity index (χ1) is 14.9. The minimum atomic E-state index is -0.701. The fraction of sp³-hybridized carbons (Fsp3) is 0.364. The molecule has 2 atom stereocenters.